The van der Waals surface area contributed by atoms with E-state index in [0.717, 1.165) is 4.90 Å². The molecule has 0 aromatic heterocycles. The normalized spacial score (nSPS) is 21.3. The second-order valence-electron chi connectivity index (χ2n) is 5.57. The van der Waals surface area contributed by atoms with Crippen LogP contribution in [0.5, 0.6) is 0 Å². The van der Waals surface area contributed by atoms with Crippen LogP contribution in [0.2, 0.25) is 0 Å². The quantitative estimate of drug-likeness (QED) is 0.753. The molecule has 0 saturated carbocycles. The molecule has 2 heterocycles. The van der Waals surface area contributed by atoms with E-state index in [1.165, 1.54) is 0 Å². The Bertz CT molecular complexity index is 436. The highest BCUT2D eigenvalue weighted by molar-refractivity contribution is 5.99. The van der Waals surface area contributed by atoms with Gasteiger partial charge in [0.15, 0.2) is 0 Å². The SMILES string of the molecule is O=C(O)C1CCN(C(=O)CN2C(=O)CCCCC2=O)CC1. The summed E-state index contributed by atoms with van der Waals surface area (Å²) in [5.41, 5.74) is 0. The molecule has 0 aliphatic carbocycles. The third-order valence-electron chi connectivity index (χ3n) is 4.12. The minimum atomic E-state index is -0.833. The third-order valence-corrected chi connectivity index (χ3v) is 4.12. The van der Waals surface area contributed by atoms with Gasteiger partial charge in [-0.2, -0.15) is 0 Å². The molecule has 1 N–H and O–H groups in total. The smallest absolute Gasteiger partial charge is 0.306 e. The Hall–Kier alpha value is -1.92. The summed E-state index contributed by atoms with van der Waals surface area (Å²) in [6.07, 6.45) is 2.81. The topological polar surface area (TPSA) is 95.0 Å². The zero-order chi connectivity index (χ0) is 15.4. The van der Waals surface area contributed by atoms with E-state index in [9.17, 15) is 19.2 Å². The Kier molecular flexibility index (Phi) is 4.93. The van der Waals surface area contributed by atoms with Crippen LogP contribution in [0.4, 0.5) is 0 Å². The van der Waals surface area contributed by atoms with Crippen LogP contribution in [0.15, 0.2) is 0 Å². The molecule has 0 unspecified atom stereocenters. The molecule has 2 rings (SSSR count). The number of imide groups is 1. The van der Waals surface area contributed by atoms with Gasteiger partial charge in [0.1, 0.15) is 6.54 Å². The molecule has 0 radical (unpaired) electrons. The summed E-state index contributed by atoms with van der Waals surface area (Å²) < 4.78 is 0. The Morgan fingerprint density at radius 2 is 1.57 bits per heavy atom. The van der Waals surface area contributed by atoms with E-state index in [2.05, 4.69) is 0 Å². The van der Waals surface area contributed by atoms with Crippen LogP contribution in [0.25, 0.3) is 0 Å². The average Bonchev–Trinajstić information content (AvgIpc) is 2.62. The summed E-state index contributed by atoms with van der Waals surface area (Å²) in [6, 6.07) is 0. The van der Waals surface area contributed by atoms with Crippen LogP contribution in [-0.4, -0.2) is 58.2 Å². The average molecular weight is 296 g/mol. The molecule has 21 heavy (non-hydrogen) atoms. The Labute approximate surface area is 122 Å². The number of aliphatic carboxylic acids is 1. The highest BCUT2D eigenvalue weighted by Gasteiger charge is 2.31. The van der Waals surface area contributed by atoms with Gasteiger partial charge in [0.2, 0.25) is 17.7 Å². The number of nitrogens with zero attached hydrogens (tertiary/aromatic N) is 2. The van der Waals surface area contributed by atoms with Crippen molar-refractivity contribution >= 4 is 23.7 Å². The Balaban J connectivity index is 1.90. The van der Waals surface area contributed by atoms with Crippen LogP contribution in [0.1, 0.15) is 38.5 Å². The van der Waals surface area contributed by atoms with Gasteiger partial charge in [-0.3, -0.25) is 24.1 Å². The molecule has 0 aromatic carbocycles. The predicted molar refractivity (Wildman–Crippen MR) is 72.1 cm³/mol. The van der Waals surface area contributed by atoms with Crippen molar-refractivity contribution in [2.24, 2.45) is 5.92 Å². The van der Waals surface area contributed by atoms with E-state index in [1.807, 2.05) is 0 Å². The molecule has 0 bridgehead atoms. The molecule has 2 fully saturated rings. The maximum absolute atomic E-state index is 12.2. The first-order valence-electron chi connectivity index (χ1n) is 7.33. The number of likely N-dealkylation sites (tertiary alicyclic amines) is 2. The molecular formula is C14H20N2O5. The monoisotopic (exact) mass is 296 g/mol. The Morgan fingerprint density at radius 1 is 1.05 bits per heavy atom. The maximum Gasteiger partial charge on any atom is 0.306 e. The van der Waals surface area contributed by atoms with E-state index in [-0.39, 0.29) is 24.3 Å². The molecule has 3 amide bonds. The lowest BCUT2D eigenvalue weighted by atomic mass is 9.97. The van der Waals surface area contributed by atoms with E-state index in [0.29, 0.717) is 51.6 Å². The molecule has 0 aromatic rings. The number of hydrogen-bond donors (Lipinski definition) is 1. The summed E-state index contributed by atoms with van der Waals surface area (Å²) >= 11 is 0. The number of piperidine rings is 1. The van der Waals surface area contributed by atoms with Gasteiger partial charge in [-0.1, -0.05) is 0 Å². The van der Waals surface area contributed by atoms with Gasteiger partial charge in [-0.25, -0.2) is 0 Å². The molecule has 2 saturated heterocycles. The van der Waals surface area contributed by atoms with Gasteiger partial charge in [0, 0.05) is 25.9 Å². The number of carboxylic acids is 1. The first kappa shape index (κ1) is 15.5. The Morgan fingerprint density at radius 3 is 2.05 bits per heavy atom. The van der Waals surface area contributed by atoms with Gasteiger partial charge in [-0.15, -0.1) is 0 Å². The van der Waals surface area contributed by atoms with Crippen LogP contribution in [-0.2, 0) is 19.2 Å². The van der Waals surface area contributed by atoms with Crippen molar-refractivity contribution < 1.29 is 24.3 Å². The molecule has 7 nitrogen and oxygen atoms in total. The summed E-state index contributed by atoms with van der Waals surface area (Å²) in [5, 5.41) is 8.92. The number of carbonyl (C=O) groups is 4. The molecule has 2 aliphatic heterocycles. The molecule has 0 atom stereocenters. The van der Waals surface area contributed by atoms with Crippen molar-refractivity contribution in [2.45, 2.75) is 38.5 Å². The first-order valence-corrected chi connectivity index (χ1v) is 7.33. The highest BCUT2D eigenvalue weighted by Crippen LogP contribution is 2.18. The van der Waals surface area contributed by atoms with Crippen LogP contribution >= 0.6 is 0 Å². The number of hydrogen-bond acceptors (Lipinski definition) is 4. The van der Waals surface area contributed by atoms with Gasteiger partial charge >= 0.3 is 5.97 Å². The fourth-order valence-corrected chi connectivity index (χ4v) is 2.75. The third kappa shape index (κ3) is 3.80. The predicted octanol–water partition coefficient (Wildman–Crippen LogP) is 0.239. The van der Waals surface area contributed by atoms with Gasteiger partial charge in [0.25, 0.3) is 0 Å². The molecule has 116 valence electrons. The lowest BCUT2D eigenvalue weighted by molar-refractivity contribution is -0.150. The summed E-state index contributed by atoms with van der Waals surface area (Å²) in [4.78, 5) is 49.3. The minimum absolute atomic E-state index is 0.213. The standard InChI is InChI=1S/C14H20N2O5/c17-11-3-1-2-4-12(18)16(11)9-13(19)15-7-5-10(6-8-15)14(20)21/h10H,1-9H2,(H,20,21). The van der Waals surface area contributed by atoms with E-state index in [4.69, 9.17) is 5.11 Å². The van der Waals surface area contributed by atoms with Crippen molar-refractivity contribution in [3.63, 3.8) is 0 Å². The van der Waals surface area contributed by atoms with Crippen molar-refractivity contribution in [3.8, 4) is 0 Å². The van der Waals surface area contributed by atoms with Gasteiger partial charge in [0.05, 0.1) is 5.92 Å². The van der Waals surface area contributed by atoms with E-state index in [1.54, 1.807) is 4.90 Å². The number of amides is 3. The summed E-state index contributed by atoms with van der Waals surface area (Å²) in [5.74, 6) is -2.09. The van der Waals surface area contributed by atoms with E-state index >= 15 is 0 Å². The zero-order valence-electron chi connectivity index (χ0n) is 11.9. The van der Waals surface area contributed by atoms with E-state index < -0.39 is 11.9 Å². The lowest BCUT2D eigenvalue weighted by Crippen LogP contribution is -2.47. The lowest BCUT2D eigenvalue weighted by Gasteiger charge is -2.31. The second kappa shape index (κ2) is 6.69. The zero-order valence-corrected chi connectivity index (χ0v) is 11.9. The number of carbonyl (C=O) groups excluding carboxylic acids is 3. The first-order chi connectivity index (χ1) is 9.99. The summed E-state index contributed by atoms with van der Waals surface area (Å²) in [7, 11) is 0. The van der Waals surface area contributed by atoms with Gasteiger partial charge < -0.3 is 10.0 Å². The largest absolute Gasteiger partial charge is 0.481 e. The molecule has 7 heteroatoms. The highest BCUT2D eigenvalue weighted by atomic mass is 16.4. The second-order valence-corrected chi connectivity index (χ2v) is 5.57. The van der Waals surface area contributed by atoms with Crippen molar-refractivity contribution in [3.05, 3.63) is 0 Å². The molecule has 2 aliphatic rings. The van der Waals surface area contributed by atoms with Crippen LogP contribution < -0.4 is 0 Å². The number of carboxylic acid groups (broad SMARTS) is 1. The van der Waals surface area contributed by atoms with Crippen LogP contribution in [0.3, 0.4) is 0 Å². The van der Waals surface area contributed by atoms with Crippen molar-refractivity contribution in [2.75, 3.05) is 19.6 Å². The van der Waals surface area contributed by atoms with Crippen LogP contribution in [0, 0.1) is 5.92 Å². The number of rotatable bonds is 3. The fourth-order valence-electron chi connectivity index (χ4n) is 2.75. The van der Waals surface area contributed by atoms with Crippen molar-refractivity contribution in [1.29, 1.82) is 0 Å². The minimum Gasteiger partial charge on any atom is -0.481 e. The molecular weight excluding hydrogens is 276 g/mol. The van der Waals surface area contributed by atoms with Gasteiger partial charge in [-0.05, 0) is 25.7 Å². The fraction of sp³-hybridized carbons (Fsp3) is 0.714. The maximum atomic E-state index is 12.2. The molecule has 0 spiro atoms. The van der Waals surface area contributed by atoms with Crippen molar-refractivity contribution in [1.82, 2.24) is 9.80 Å². The summed E-state index contributed by atoms with van der Waals surface area (Å²) in [6.45, 7) is 0.521.